The fourth-order valence-electron chi connectivity index (χ4n) is 4.48. The van der Waals surface area contributed by atoms with Crippen LogP contribution >= 0.6 is 0 Å². The van der Waals surface area contributed by atoms with E-state index in [0.717, 1.165) is 78.5 Å². The van der Waals surface area contributed by atoms with Crippen molar-refractivity contribution in [2.75, 3.05) is 0 Å². The minimum Gasteiger partial charge on any atom is -0.223 e. The quantitative estimate of drug-likeness (QED) is 0.385. The zero-order valence-electron chi connectivity index (χ0n) is 17.8. The molecule has 1 aliphatic heterocycles. The molecule has 6 heteroatoms. The van der Waals surface area contributed by atoms with Gasteiger partial charge in [-0.3, -0.25) is 0 Å². The minimum atomic E-state index is -3.67. The Balaban J connectivity index is 0.000000628. The normalized spacial score (nSPS) is 18.5. The molecule has 4 rings (SSSR count). The predicted molar refractivity (Wildman–Crippen MR) is 121 cm³/mol. The van der Waals surface area contributed by atoms with E-state index in [9.17, 15) is 21.6 Å². The van der Waals surface area contributed by atoms with E-state index >= 15 is 0 Å². The monoisotopic (exact) mass is 450 g/mol. The highest BCUT2D eigenvalue weighted by Crippen LogP contribution is 2.36. The number of hydrogen-bond donors (Lipinski definition) is 0. The van der Waals surface area contributed by atoms with E-state index in [0.29, 0.717) is 4.90 Å². The second-order valence-electron chi connectivity index (χ2n) is 8.13. The molecule has 1 aliphatic rings. The van der Waals surface area contributed by atoms with Gasteiger partial charge < -0.3 is 0 Å². The van der Waals surface area contributed by atoms with Crippen molar-refractivity contribution in [3.05, 3.63) is 54.1 Å². The van der Waals surface area contributed by atoms with Crippen LogP contribution in [0, 0.1) is 0 Å². The average molecular weight is 451 g/mol. The molecule has 31 heavy (non-hydrogen) atoms. The molecule has 0 aliphatic carbocycles. The van der Waals surface area contributed by atoms with E-state index in [4.69, 9.17) is 0 Å². The lowest BCUT2D eigenvalue weighted by Gasteiger charge is -2.20. The maximum absolute atomic E-state index is 13.8. The number of sulfone groups is 1. The molecule has 0 saturated carbocycles. The van der Waals surface area contributed by atoms with Gasteiger partial charge in [0.15, 0.2) is 9.84 Å². The van der Waals surface area contributed by atoms with E-state index in [-0.39, 0.29) is 5.25 Å². The first-order valence-corrected chi connectivity index (χ1v) is 12.5. The molecule has 1 heterocycles. The van der Waals surface area contributed by atoms with Crippen LogP contribution in [0.4, 0.5) is 13.2 Å². The Labute approximate surface area is 182 Å². The van der Waals surface area contributed by atoms with Crippen LogP contribution in [0.2, 0.25) is 0 Å². The fraction of sp³-hybridized carbons (Fsp3) is 0.440. The first-order chi connectivity index (χ1) is 14.8. The molecule has 3 aromatic carbocycles. The molecule has 0 saturated heterocycles. The van der Waals surface area contributed by atoms with Crippen LogP contribution in [-0.4, -0.2) is 20.3 Å². The van der Waals surface area contributed by atoms with E-state index in [2.05, 4.69) is 43.3 Å². The molecule has 0 radical (unpaired) electrons. The molecular formula is C25H29F3O2S. The zero-order chi connectivity index (χ0) is 22.4. The summed E-state index contributed by atoms with van der Waals surface area (Å²) in [6, 6.07) is 16.6. The van der Waals surface area contributed by atoms with Gasteiger partial charge in [-0.15, -0.1) is 0 Å². The summed E-state index contributed by atoms with van der Waals surface area (Å²) < 4.78 is 56.6. The lowest BCUT2D eigenvalue weighted by Crippen LogP contribution is -2.22. The molecule has 1 unspecified atom stereocenters. The van der Waals surface area contributed by atoms with Gasteiger partial charge in [0.05, 0.1) is 10.1 Å². The fourth-order valence-corrected chi connectivity index (χ4v) is 6.79. The number of unbranched alkanes of at least 4 members (excludes halogenated alkanes) is 1. The van der Waals surface area contributed by atoms with Gasteiger partial charge in [-0.05, 0) is 59.5 Å². The van der Waals surface area contributed by atoms with Crippen molar-refractivity contribution in [3.63, 3.8) is 0 Å². The van der Waals surface area contributed by atoms with Gasteiger partial charge in [-0.1, -0.05) is 69.0 Å². The highest BCUT2D eigenvalue weighted by atomic mass is 32.2. The molecule has 0 bridgehead atoms. The SMILES string of the molecule is CCCCC1CCCCCc2ccc3cc4ccccc4cc3c2S1(=O)=O.FC(F)F. The molecule has 0 amide bonds. The summed E-state index contributed by atoms with van der Waals surface area (Å²) in [5.74, 6) is 0. The van der Waals surface area contributed by atoms with Crippen LogP contribution in [0.3, 0.4) is 0 Å². The number of benzene rings is 3. The summed E-state index contributed by atoms with van der Waals surface area (Å²) in [6.07, 6.45) is 7.66. The summed E-state index contributed by atoms with van der Waals surface area (Å²) in [5.41, 5.74) is 1.01. The van der Waals surface area contributed by atoms with Crippen molar-refractivity contribution in [2.45, 2.75) is 75.1 Å². The van der Waals surface area contributed by atoms with Crippen LogP contribution in [0.5, 0.6) is 0 Å². The minimum absolute atomic E-state index is 0.244. The van der Waals surface area contributed by atoms with Gasteiger partial charge in [-0.25, -0.2) is 8.42 Å². The van der Waals surface area contributed by atoms with Crippen LogP contribution < -0.4 is 0 Å². The van der Waals surface area contributed by atoms with Gasteiger partial charge in [0.1, 0.15) is 0 Å². The van der Waals surface area contributed by atoms with Crippen molar-refractivity contribution >= 4 is 31.4 Å². The van der Waals surface area contributed by atoms with Gasteiger partial charge in [0.25, 0.3) is 0 Å². The Bertz CT molecular complexity index is 1120. The van der Waals surface area contributed by atoms with Crippen molar-refractivity contribution < 1.29 is 21.6 Å². The lowest BCUT2D eigenvalue weighted by molar-refractivity contribution is 0.00819. The Kier molecular flexibility index (Phi) is 7.98. The van der Waals surface area contributed by atoms with E-state index in [1.807, 2.05) is 12.1 Å². The third kappa shape index (κ3) is 5.59. The number of alkyl halides is 3. The number of fused-ring (bicyclic) bond motifs is 4. The standard InChI is InChI=1S/C24H28O2S.CHF3/c1-2-3-12-22-13-6-4-5-9-18-14-15-21-16-19-10-7-8-11-20(19)17-23(21)24(18)27(22,25)26;2-1(3)4/h7-8,10-11,14-17,22H,2-6,9,12-13H2,1H3;1H. The van der Waals surface area contributed by atoms with Crippen LogP contribution in [0.1, 0.15) is 57.4 Å². The van der Waals surface area contributed by atoms with Crippen LogP contribution in [0.25, 0.3) is 21.5 Å². The topological polar surface area (TPSA) is 34.1 Å². The second kappa shape index (κ2) is 10.5. The molecule has 3 aromatic rings. The lowest BCUT2D eigenvalue weighted by atomic mass is 9.99. The van der Waals surface area contributed by atoms with Crippen molar-refractivity contribution in [1.82, 2.24) is 0 Å². The van der Waals surface area contributed by atoms with Crippen LogP contribution in [0.15, 0.2) is 53.4 Å². The molecule has 0 fully saturated rings. The van der Waals surface area contributed by atoms with E-state index in [1.54, 1.807) is 0 Å². The maximum atomic E-state index is 13.8. The Hall–Kier alpha value is -2.08. The number of halogens is 3. The molecule has 1 atom stereocenters. The molecule has 168 valence electrons. The van der Waals surface area contributed by atoms with Gasteiger partial charge in [0.2, 0.25) is 0 Å². The summed E-state index contributed by atoms with van der Waals surface area (Å²) in [6.45, 7) is -1.53. The Morgan fingerprint density at radius 3 is 2.29 bits per heavy atom. The van der Waals surface area contributed by atoms with Crippen molar-refractivity contribution in [3.8, 4) is 0 Å². The smallest absolute Gasteiger partial charge is 0.223 e. The zero-order valence-corrected chi connectivity index (χ0v) is 18.6. The van der Waals surface area contributed by atoms with Crippen molar-refractivity contribution in [1.29, 1.82) is 0 Å². The van der Waals surface area contributed by atoms with Gasteiger partial charge in [-0.2, -0.15) is 13.2 Å². The number of aryl methyl sites for hydroxylation is 1. The second-order valence-corrected chi connectivity index (χ2v) is 10.3. The van der Waals surface area contributed by atoms with Crippen LogP contribution in [-0.2, 0) is 16.3 Å². The summed E-state index contributed by atoms with van der Waals surface area (Å²) in [5, 5.41) is 3.97. The summed E-state index contributed by atoms with van der Waals surface area (Å²) >= 11 is 0. The molecule has 0 N–H and O–H groups in total. The molecule has 0 aromatic heterocycles. The first kappa shape index (κ1) is 23.6. The maximum Gasteiger partial charge on any atom is 0.379 e. The van der Waals surface area contributed by atoms with Crippen molar-refractivity contribution in [2.24, 2.45) is 0 Å². The van der Waals surface area contributed by atoms with Gasteiger partial charge >= 0.3 is 6.68 Å². The molecule has 2 nitrogen and oxygen atoms in total. The molecular weight excluding hydrogens is 421 g/mol. The summed E-state index contributed by atoms with van der Waals surface area (Å²) in [4.78, 5) is 0.619. The highest BCUT2D eigenvalue weighted by Gasteiger charge is 2.31. The van der Waals surface area contributed by atoms with E-state index in [1.165, 1.54) is 0 Å². The third-order valence-electron chi connectivity index (χ3n) is 5.99. The highest BCUT2D eigenvalue weighted by molar-refractivity contribution is 7.92. The number of hydrogen-bond acceptors (Lipinski definition) is 2. The summed E-state index contributed by atoms with van der Waals surface area (Å²) in [7, 11) is -3.33. The first-order valence-electron chi connectivity index (χ1n) is 10.9. The number of rotatable bonds is 3. The van der Waals surface area contributed by atoms with E-state index < -0.39 is 16.5 Å². The predicted octanol–water partition coefficient (Wildman–Crippen LogP) is 7.62. The Morgan fingerprint density at radius 2 is 1.61 bits per heavy atom. The third-order valence-corrected chi connectivity index (χ3v) is 8.39. The molecule has 0 spiro atoms. The Morgan fingerprint density at radius 1 is 0.935 bits per heavy atom. The van der Waals surface area contributed by atoms with Gasteiger partial charge in [0, 0.05) is 5.39 Å². The largest absolute Gasteiger partial charge is 0.379 e. The average Bonchev–Trinajstić information content (AvgIpc) is 2.78.